The van der Waals surface area contributed by atoms with Crippen LogP contribution < -0.4 is 15.5 Å². The van der Waals surface area contributed by atoms with Crippen molar-refractivity contribution in [3.05, 3.63) is 65.7 Å². The van der Waals surface area contributed by atoms with Crippen molar-refractivity contribution in [3.63, 3.8) is 0 Å². The zero-order valence-electron chi connectivity index (χ0n) is 13.9. The van der Waals surface area contributed by atoms with Crippen molar-refractivity contribution in [1.82, 2.24) is 10.6 Å². The maximum atomic E-state index is 12.3. The van der Waals surface area contributed by atoms with Crippen LogP contribution in [-0.4, -0.2) is 31.3 Å². The summed E-state index contributed by atoms with van der Waals surface area (Å²) in [6, 6.07) is 16.0. The van der Waals surface area contributed by atoms with Crippen LogP contribution in [0.2, 0.25) is 0 Å². The molecule has 1 atom stereocenters. The maximum Gasteiger partial charge on any atom is 0.310 e. The maximum absolute atomic E-state index is 12.3. The first-order chi connectivity index (χ1) is 12.1. The fourth-order valence-corrected chi connectivity index (χ4v) is 2.86. The molecule has 0 saturated carbocycles. The predicted octanol–water partition coefficient (Wildman–Crippen LogP) is 1.18. The van der Waals surface area contributed by atoms with Crippen molar-refractivity contribution in [1.29, 1.82) is 0 Å². The highest BCUT2D eigenvalue weighted by atomic mass is 16.2. The van der Waals surface area contributed by atoms with E-state index in [0.717, 1.165) is 11.3 Å². The zero-order valence-corrected chi connectivity index (χ0v) is 13.9. The quantitative estimate of drug-likeness (QED) is 0.823. The average molecular weight is 337 g/mol. The first-order valence-corrected chi connectivity index (χ1v) is 8.07. The first kappa shape index (κ1) is 16.7. The van der Waals surface area contributed by atoms with Crippen molar-refractivity contribution in [3.8, 4) is 0 Å². The lowest BCUT2D eigenvalue weighted by Gasteiger charge is -2.13. The van der Waals surface area contributed by atoms with E-state index in [1.165, 1.54) is 4.90 Å². The van der Waals surface area contributed by atoms with Gasteiger partial charge >= 0.3 is 11.8 Å². The monoisotopic (exact) mass is 337 g/mol. The molecule has 3 rings (SSSR count). The number of amides is 3. The lowest BCUT2D eigenvalue weighted by atomic mass is 10.1. The van der Waals surface area contributed by atoms with E-state index in [1.807, 2.05) is 36.4 Å². The van der Waals surface area contributed by atoms with Gasteiger partial charge in [0.1, 0.15) is 6.04 Å². The fourth-order valence-electron chi connectivity index (χ4n) is 2.86. The molecular formula is C19H19N3O3. The molecule has 6 heteroatoms. The Hall–Kier alpha value is -3.15. The van der Waals surface area contributed by atoms with E-state index in [0.29, 0.717) is 18.5 Å². The second-order valence-corrected chi connectivity index (χ2v) is 5.85. The number of anilines is 1. The number of nitrogens with zero attached hydrogens (tertiary/aromatic N) is 1. The summed E-state index contributed by atoms with van der Waals surface area (Å²) in [6.07, 6.45) is 0.633. The first-order valence-electron chi connectivity index (χ1n) is 8.07. The molecule has 0 saturated heterocycles. The number of fused-ring (bicyclic) bond motifs is 1. The highest BCUT2D eigenvalue weighted by Crippen LogP contribution is 2.34. The number of benzene rings is 2. The van der Waals surface area contributed by atoms with Gasteiger partial charge in [-0.25, -0.2) is 0 Å². The van der Waals surface area contributed by atoms with Crippen LogP contribution in [-0.2, 0) is 20.8 Å². The molecule has 0 unspecified atom stereocenters. The van der Waals surface area contributed by atoms with Crippen molar-refractivity contribution < 1.29 is 14.4 Å². The van der Waals surface area contributed by atoms with Gasteiger partial charge in [-0.05, 0) is 18.1 Å². The van der Waals surface area contributed by atoms with E-state index in [4.69, 9.17) is 0 Å². The van der Waals surface area contributed by atoms with Crippen molar-refractivity contribution in [2.45, 2.75) is 12.5 Å². The molecule has 0 spiro atoms. The van der Waals surface area contributed by atoms with Crippen molar-refractivity contribution >= 4 is 23.4 Å². The summed E-state index contributed by atoms with van der Waals surface area (Å²) in [7, 11) is 1.65. The van der Waals surface area contributed by atoms with Gasteiger partial charge in [-0.2, -0.15) is 0 Å². The summed E-state index contributed by atoms with van der Waals surface area (Å²) < 4.78 is 0. The third-order valence-corrected chi connectivity index (χ3v) is 4.21. The number of likely N-dealkylation sites (N-methyl/N-ethyl adjacent to an activating group) is 1. The Labute approximate surface area is 145 Å². The molecule has 2 aromatic rings. The van der Waals surface area contributed by atoms with E-state index in [-0.39, 0.29) is 5.91 Å². The summed E-state index contributed by atoms with van der Waals surface area (Å²) in [4.78, 5) is 37.9. The van der Waals surface area contributed by atoms with Crippen LogP contribution in [0.1, 0.15) is 17.2 Å². The number of hydrogen-bond donors (Lipinski definition) is 2. The normalized spacial score (nSPS) is 15.6. The van der Waals surface area contributed by atoms with Gasteiger partial charge in [-0.3, -0.25) is 14.4 Å². The van der Waals surface area contributed by atoms with Crippen molar-refractivity contribution in [2.75, 3.05) is 18.5 Å². The Morgan fingerprint density at radius 3 is 2.44 bits per heavy atom. The molecule has 0 radical (unpaired) electrons. The molecule has 25 heavy (non-hydrogen) atoms. The van der Waals surface area contributed by atoms with Crippen LogP contribution in [0.4, 0.5) is 5.69 Å². The van der Waals surface area contributed by atoms with E-state index in [2.05, 4.69) is 10.6 Å². The van der Waals surface area contributed by atoms with E-state index in [9.17, 15) is 14.4 Å². The SMILES string of the molecule is CN1C(=O)[C@H](NC(=O)C(=O)NCCc2ccccc2)c2ccccc21. The summed E-state index contributed by atoms with van der Waals surface area (Å²) in [5.74, 6) is -1.81. The Bertz CT molecular complexity index is 805. The third-order valence-electron chi connectivity index (χ3n) is 4.21. The van der Waals surface area contributed by atoms with Crippen LogP contribution in [0, 0.1) is 0 Å². The molecule has 1 aliphatic heterocycles. The number of para-hydroxylation sites is 1. The molecule has 3 amide bonds. The minimum atomic E-state index is -0.825. The van der Waals surface area contributed by atoms with Crippen LogP contribution in [0.5, 0.6) is 0 Å². The molecule has 2 N–H and O–H groups in total. The standard InChI is InChI=1S/C19H19N3O3/c1-22-15-10-6-5-9-14(15)16(19(22)25)21-18(24)17(23)20-12-11-13-7-3-2-4-8-13/h2-10,16H,11-12H2,1H3,(H,20,23)(H,21,24)/t16-/m1/s1. The summed E-state index contributed by atoms with van der Waals surface area (Å²) in [6.45, 7) is 0.353. The van der Waals surface area contributed by atoms with E-state index < -0.39 is 17.9 Å². The second-order valence-electron chi connectivity index (χ2n) is 5.85. The molecule has 128 valence electrons. The zero-order chi connectivity index (χ0) is 17.8. The largest absolute Gasteiger partial charge is 0.348 e. The molecule has 0 aromatic heterocycles. The lowest BCUT2D eigenvalue weighted by molar-refractivity contribution is -0.140. The Balaban J connectivity index is 1.57. The Kier molecular flexibility index (Phi) is 4.79. The number of nitrogens with one attached hydrogen (secondary N) is 2. The average Bonchev–Trinajstić information content (AvgIpc) is 2.88. The van der Waals surface area contributed by atoms with Crippen LogP contribution >= 0.6 is 0 Å². The highest BCUT2D eigenvalue weighted by Gasteiger charge is 2.36. The van der Waals surface area contributed by atoms with Crippen LogP contribution in [0.25, 0.3) is 0 Å². The highest BCUT2D eigenvalue weighted by molar-refractivity contribution is 6.35. The minimum Gasteiger partial charge on any atom is -0.348 e. The Morgan fingerprint density at radius 2 is 1.68 bits per heavy atom. The third kappa shape index (κ3) is 3.52. The summed E-state index contributed by atoms with van der Waals surface area (Å²) in [5, 5.41) is 5.10. The van der Waals surface area contributed by atoms with Gasteiger partial charge in [0.15, 0.2) is 0 Å². The van der Waals surface area contributed by atoms with E-state index >= 15 is 0 Å². The molecule has 2 aromatic carbocycles. The lowest BCUT2D eigenvalue weighted by Crippen LogP contribution is -2.44. The van der Waals surface area contributed by atoms with E-state index in [1.54, 1.807) is 25.2 Å². The van der Waals surface area contributed by atoms with Crippen LogP contribution in [0.15, 0.2) is 54.6 Å². The molecule has 1 heterocycles. The second kappa shape index (κ2) is 7.17. The molecule has 0 bridgehead atoms. The van der Waals surface area contributed by atoms with Gasteiger partial charge in [0.2, 0.25) is 0 Å². The van der Waals surface area contributed by atoms with Gasteiger partial charge in [-0.15, -0.1) is 0 Å². The topological polar surface area (TPSA) is 78.5 Å². The van der Waals surface area contributed by atoms with Gasteiger partial charge in [0.05, 0.1) is 0 Å². The molecule has 1 aliphatic rings. The smallest absolute Gasteiger partial charge is 0.310 e. The summed E-state index contributed by atoms with van der Waals surface area (Å²) >= 11 is 0. The van der Waals surface area contributed by atoms with Gasteiger partial charge in [0.25, 0.3) is 5.91 Å². The van der Waals surface area contributed by atoms with Gasteiger partial charge in [-0.1, -0.05) is 48.5 Å². The summed E-state index contributed by atoms with van der Waals surface area (Å²) in [5.41, 5.74) is 2.51. The molecule has 6 nitrogen and oxygen atoms in total. The fraction of sp³-hybridized carbons (Fsp3) is 0.211. The molecular weight excluding hydrogens is 318 g/mol. The van der Waals surface area contributed by atoms with Crippen molar-refractivity contribution in [2.24, 2.45) is 0 Å². The van der Waals surface area contributed by atoms with Gasteiger partial charge < -0.3 is 15.5 Å². The molecule has 0 aliphatic carbocycles. The number of hydrogen-bond acceptors (Lipinski definition) is 3. The molecule has 0 fully saturated rings. The predicted molar refractivity (Wildman–Crippen MR) is 93.9 cm³/mol. The van der Waals surface area contributed by atoms with Gasteiger partial charge in [0, 0.05) is 24.8 Å². The number of carbonyl (C=O) groups is 3. The minimum absolute atomic E-state index is 0.258. The van der Waals surface area contributed by atoms with Crippen LogP contribution in [0.3, 0.4) is 0 Å². The number of rotatable bonds is 4. The Morgan fingerprint density at radius 1 is 1.00 bits per heavy atom. The number of carbonyl (C=O) groups excluding carboxylic acids is 3.